The van der Waals surface area contributed by atoms with Crippen LogP contribution in [0.2, 0.25) is 0 Å². The van der Waals surface area contributed by atoms with Crippen molar-refractivity contribution < 1.29 is 31.9 Å². The fraction of sp³-hybridized carbons (Fsp3) is 0.346. The quantitative estimate of drug-likeness (QED) is 0.302. The molecule has 1 heterocycles. The predicted octanol–water partition coefficient (Wildman–Crippen LogP) is 3.83. The molecule has 2 amide bonds. The van der Waals surface area contributed by atoms with Crippen LogP contribution in [0.1, 0.15) is 48.9 Å². The van der Waals surface area contributed by atoms with Crippen molar-refractivity contribution in [3.63, 3.8) is 0 Å². The van der Waals surface area contributed by atoms with Crippen LogP contribution in [-0.4, -0.2) is 50.2 Å². The number of methoxy groups -OCH3 is 1. The number of halogens is 1. The van der Waals surface area contributed by atoms with E-state index in [0.29, 0.717) is 6.42 Å². The molecule has 1 atom stereocenters. The molecule has 1 fully saturated rings. The van der Waals surface area contributed by atoms with Gasteiger partial charge in [0.15, 0.2) is 0 Å². The second-order valence-electron chi connectivity index (χ2n) is 8.75. The number of rotatable bonds is 8. The number of anilines is 1. The molecule has 1 aliphatic heterocycles. The maximum absolute atomic E-state index is 13.6. The fourth-order valence-electron chi connectivity index (χ4n) is 4.55. The summed E-state index contributed by atoms with van der Waals surface area (Å²) in [7, 11) is -2.96. The first kappa shape index (κ1) is 25.7. The highest BCUT2D eigenvalue weighted by Gasteiger charge is 2.46. The van der Waals surface area contributed by atoms with Crippen molar-refractivity contribution >= 4 is 33.5 Å². The van der Waals surface area contributed by atoms with Crippen LogP contribution in [0.3, 0.4) is 0 Å². The summed E-state index contributed by atoms with van der Waals surface area (Å²) in [6.45, 7) is 0.0182. The van der Waals surface area contributed by atoms with Gasteiger partial charge in [0.05, 0.1) is 29.7 Å². The molecule has 2 aliphatic rings. The van der Waals surface area contributed by atoms with Crippen molar-refractivity contribution in [2.45, 2.75) is 49.5 Å². The smallest absolute Gasteiger partial charge is 0.337 e. The number of carbonyl (C=O) groups excluding carboxylic acids is 3. The maximum atomic E-state index is 13.6. The lowest BCUT2D eigenvalue weighted by molar-refractivity contribution is -0.122. The third-order valence-electron chi connectivity index (χ3n) is 6.48. The van der Waals surface area contributed by atoms with E-state index in [1.54, 1.807) is 0 Å². The molecule has 1 saturated heterocycles. The van der Waals surface area contributed by atoms with E-state index >= 15 is 0 Å². The Morgan fingerprint density at radius 2 is 1.78 bits per heavy atom. The van der Waals surface area contributed by atoms with Crippen LogP contribution in [0.4, 0.5) is 10.1 Å². The summed E-state index contributed by atoms with van der Waals surface area (Å²) < 4.78 is 46.4. The van der Waals surface area contributed by atoms with Crippen LogP contribution in [0.25, 0.3) is 0 Å². The zero-order chi connectivity index (χ0) is 25.9. The lowest BCUT2D eigenvalue weighted by Crippen LogP contribution is -2.46. The van der Waals surface area contributed by atoms with Gasteiger partial charge in [-0.15, -0.1) is 0 Å². The summed E-state index contributed by atoms with van der Waals surface area (Å²) >= 11 is 0. The first-order valence-electron chi connectivity index (χ1n) is 11.7. The van der Waals surface area contributed by atoms with E-state index in [-0.39, 0.29) is 29.1 Å². The predicted molar refractivity (Wildman–Crippen MR) is 130 cm³/mol. The third kappa shape index (κ3) is 5.24. The number of imide groups is 1. The van der Waals surface area contributed by atoms with E-state index in [1.165, 1.54) is 31.4 Å². The number of hydrogen-bond donors (Lipinski definition) is 0. The second kappa shape index (κ2) is 10.7. The Balaban J connectivity index is 1.64. The summed E-state index contributed by atoms with van der Waals surface area (Å²) in [5, 5.41) is 0. The van der Waals surface area contributed by atoms with Gasteiger partial charge in [-0.2, -0.15) is 4.31 Å². The van der Waals surface area contributed by atoms with Crippen molar-refractivity contribution in [3.05, 3.63) is 71.6 Å². The summed E-state index contributed by atoms with van der Waals surface area (Å²) in [6.07, 6.45) is 6.11. The minimum Gasteiger partial charge on any atom is -0.465 e. The first-order valence-corrected chi connectivity index (χ1v) is 13.2. The summed E-state index contributed by atoms with van der Waals surface area (Å²) in [4.78, 5) is 38.9. The topological polar surface area (TPSA) is 101 Å². The maximum Gasteiger partial charge on any atom is 0.337 e. The second-order valence-corrected chi connectivity index (χ2v) is 10.6. The molecule has 0 N–H and O–H groups in total. The Morgan fingerprint density at radius 1 is 1.08 bits per heavy atom. The van der Waals surface area contributed by atoms with E-state index in [2.05, 4.69) is 10.8 Å². The van der Waals surface area contributed by atoms with Gasteiger partial charge < -0.3 is 4.74 Å². The van der Waals surface area contributed by atoms with Gasteiger partial charge in [-0.25, -0.2) is 22.5 Å². The van der Waals surface area contributed by atoms with Crippen molar-refractivity contribution in [1.29, 1.82) is 0 Å². The standard InChI is InChI=1S/C26H27FN2O6S/c1-35-26(32)19-7-11-21(12-8-19)29-24(30)17-23(25(29)31)28(16-15-18-5-3-2-4-6-18)36(33,34)22-13-9-20(27)10-14-22/h5,7-14,23H,2-4,6,15-17H2,1H3. The monoisotopic (exact) mass is 514 g/mol. The molecule has 190 valence electrons. The van der Waals surface area contributed by atoms with Gasteiger partial charge in [0.1, 0.15) is 11.9 Å². The fourth-order valence-corrected chi connectivity index (χ4v) is 6.13. The van der Waals surface area contributed by atoms with Gasteiger partial charge in [-0.3, -0.25) is 9.59 Å². The molecule has 2 aromatic rings. The Labute approximate surface area is 209 Å². The molecule has 0 bridgehead atoms. The zero-order valence-corrected chi connectivity index (χ0v) is 20.7. The molecule has 10 heteroatoms. The van der Waals surface area contributed by atoms with Crippen LogP contribution >= 0.6 is 0 Å². The molecule has 0 saturated carbocycles. The van der Waals surface area contributed by atoms with Crippen molar-refractivity contribution in [3.8, 4) is 0 Å². The average Bonchev–Trinajstić information content (AvgIpc) is 3.17. The van der Waals surface area contributed by atoms with Gasteiger partial charge in [0, 0.05) is 6.54 Å². The highest BCUT2D eigenvalue weighted by Crippen LogP contribution is 2.31. The molecule has 0 aromatic heterocycles. The summed E-state index contributed by atoms with van der Waals surface area (Å²) in [5.41, 5.74) is 1.60. The lowest BCUT2D eigenvalue weighted by atomic mass is 9.97. The highest BCUT2D eigenvalue weighted by atomic mass is 32.2. The van der Waals surface area contributed by atoms with E-state index in [1.807, 2.05) is 0 Å². The first-order chi connectivity index (χ1) is 17.2. The number of allylic oxidation sites excluding steroid dienone is 1. The zero-order valence-electron chi connectivity index (χ0n) is 19.9. The Kier molecular flexibility index (Phi) is 7.65. The largest absolute Gasteiger partial charge is 0.465 e. The molecule has 4 rings (SSSR count). The van der Waals surface area contributed by atoms with E-state index < -0.39 is 39.7 Å². The van der Waals surface area contributed by atoms with E-state index in [4.69, 9.17) is 0 Å². The van der Waals surface area contributed by atoms with Crippen molar-refractivity contribution in [1.82, 2.24) is 4.31 Å². The minimum atomic E-state index is -4.21. The molecule has 0 radical (unpaired) electrons. The number of carbonyl (C=O) groups is 3. The van der Waals surface area contributed by atoms with Crippen molar-refractivity contribution in [2.75, 3.05) is 18.6 Å². The van der Waals surface area contributed by atoms with E-state index in [0.717, 1.165) is 64.7 Å². The number of benzene rings is 2. The third-order valence-corrected chi connectivity index (χ3v) is 8.40. The molecular weight excluding hydrogens is 487 g/mol. The van der Waals surface area contributed by atoms with Gasteiger partial charge in [0.25, 0.3) is 5.91 Å². The van der Waals surface area contributed by atoms with Gasteiger partial charge in [-0.1, -0.05) is 11.6 Å². The Morgan fingerprint density at radius 3 is 2.39 bits per heavy atom. The van der Waals surface area contributed by atoms with E-state index in [9.17, 15) is 27.2 Å². The Hall–Kier alpha value is -3.37. The summed E-state index contributed by atoms with van der Waals surface area (Å²) in [5.74, 6) is -2.37. The highest BCUT2D eigenvalue weighted by molar-refractivity contribution is 7.89. The Bertz CT molecular complexity index is 1290. The average molecular weight is 515 g/mol. The number of hydrogen-bond acceptors (Lipinski definition) is 6. The number of sulfonamides is 1. The van der Waals surface area contributed by atoms with Crippen LogP contribution in [0.5, 0.6) is 0 Å². The van der Waals surface area contributed by atoms with Gasteiger partial charge >= 0.3 is 5.97 Å². The molecule has 8 nitrogen and oxygen atoms in total. The van der Waals surface area contributed by atoms with Crippen LogP contribution in [-0.2, 0) is 24.3 Å². The molecular formula is C26H27FN2O6S. The van der Waals surface area contributed by atoms with Gasteiger partial charge in [-0.05, 0) is 80.6 Å². The van der Waals surface area contributed by atoms with Crippen LogP contribution in [0, 0.1) is 5.82 Å². The molecule has 0 spiro atoms. The molecule has 2 aromatic carbocycles. The lowest BCUT2D eigenvalue weighted by Gasteiger charge is -2.27. The number of esters is 1. The number of ether oxygens (including phenoxy) is 1. The molecule has 36 heavy (non-hydrogen) atoms. The normalized spacial score (nSPS) is 18.5. The van der Waals surface area contributed by atoms with Crippen LogP contribution < -0.4 is 4.90 Å². The number of nitrogens with zero attached hydrogens (tertiary/aromatic N) is 2. The molecule has 1 aliphatic carbocycles. The van der Waals surface area contributed by atoms with Crippen LogP contribution in [0.15, 0.2) is 65.1 Å². The number of amides is 2. The molecule has 1 unspecified atom stereocenters. The minimum absolute atomic E-state index is 0.0182. The van der Waals surface area contributed by atoms with Crippen molar-refractivity contribution in [2.24, 2.45) is 0 Å². The summed E-state index contributed by atoms with van der Waals surface area (Å²) in [6, 6.07) is 8.90. The van der Waals surface area contributed by atoms with Gasteiger partial charge in [0.2, 0.25) is 15.9 Å². The SMILES string of the molecule is COC(=O)c1ccc(N2C(=O)CC(N(CCC3=CCCCC3)S(=O)(=O)c3ccc(F)cc3)C2=O)cc1.